The summed E-state index contributed by atoms with van der Waals surface area (Å²) in [7, 11) is 3.53. The van der Waals surface area contributed by atoms with Crippen molar-refractivity contribution in [1.82, 2.24) is 39.1 Å². The van der Waals surface area contributed by atoms with Crippen molar-refractivity contribution in [2.45, 2.75) is 0 Å². The molecule has 0 spiro atoms. The van der Waals surface area contributed by atoms with Crippen LogP contribution in [-0.4, -0.2) is 46.2 Å². The Morgan fingerprint density at radius 3 is 2.42 bits per heavy atom. The molecule has 0 aliphatic carbocycles. The SMILES string of the molecule is COc1ccnc(Nc2nc(-c3nccn3C)nn3cc(-c4cccnc4)c(-c4cccnc4)c23)c1. The van der Waals surface area contributed by atoms with Crippen molar-refractivity contribution in [3.63, 3.8) is 0 Å². The molecule has 1 N–H and O–H groups in total. The zero-order valence-electron chi connectivity index (χ0n) is 19.6. The van der Waals surface area contributed by atoms with Crippen LogP contribution in [-0.2, 0) is 7.05 Å². The number of nitrogens with one attached hydrogen (secondary N) is 1. The molecule has 0 unspecified atom stereocenters. The molecule has 0 saturated heterocycles. The molecule has 10 heteroatoms. The van der Waals surface area contributed by atoms with E-state index in [2.05, 4.69) is 25.3 Å². The highest BCUT2D eigenvalue weighted by molar-refractivity contribution is 5.99. The van der Waals surface area contributed by atoms with Gasteiger partial charge < -0.3 is 14.6 Å². The van der Waals surface area contributed by atoms with E-state index in [-0.39, 0.29) is 0 Å². The summed E-state index contributed by atoms with van der Waals surface area (Å²) in [6.45, 7) is 0. The van der Waals surface area contributed by atoms with Crippen LogP contribution in [0.1, 0.15) is 0 Å². The molecular weight excluding hydrogens is 454 g/mol. The van der Waals surface area contributed by atoms with Gasteiger partial charge in [-0.1, -0.05) is 12.1 Å². The first-order valence-electron chi connectivity index (χ1n) is 11.2. The van der Waals surface area contributed by atoms with Gasteiger partial charge in [0, 0.05) is 84.9 Å². The van der Waals surface area contributed by atoms with Crippen molar-refractivity contribution in [2.75, 3.05) is 12.4 Å². The average molecular weight is 476 g/mol. The molecule has 36 heavy (non-hydrogen) atoms. The maximum Gasteiger partial charge on any atom is 0.218 e. The highest BCUT2D eigenvalue weighted by Crippen LogP contribution is 2.40. The number of fused-ring (bicyclic) bond motifs is 1. The molecule has 6 aromatic heterocycles. The van der Waals surface area contributed by atoms with Gasteiger partial charge in [-0.15, -0.1) is 5.10 Å². The molecule has 0 bridgehead atoms. The van der Waals surface area contributed by atoms with E-state index in [0.717, 1.165) is 27.8 Å². The third-order valence-corrected chi connectivity index (χ3v) is 5.79. The fourth-order valence-corrected chi connectivity index (χ4v) is 4.12. The first-order chi connectivity index (χ1) is 17.7. The number of nitrogens with zero attached hydrogens (tertiary/aromatic N) is 8. The number of methoxy groups -OCH3 is 1. The Balaban J connectivity index is 1.66. The molecule has 0 aliphatic heterocycles. The number of aryl methyl sites for hydroxylation is 1. The van der Waals surface area contributed by atoms with Crippen LogP contribution >= 0.6 is 0 Å². The van der Waals surface area contributed by atoms with Gasteiger partial charge in [0.15, 0.2) is 11.6 Å². The van der Waals surface area contributed by atoms with Gasteiger partial charge in [-0.3, -0.25) is 9.97 Å². The van der Waals surface area contributed by atoms with Crippen LogP contribution in [0.5, 0.6) is 5.75 Å². The number of hydrogen-bond donors (Lipinski definition) is 1. The molecule has 0 aromatic carbocycles. The summed E-state index contributed by atoms with van der Waals surface area (Å²) in [5.74, 6) is 2.93. The van der Waals surface area contributed by atoms with Gasteiger partial charge in [-0.05, 0) is 18.2 Å². The number of ether oxygens (including phenoxy) is 1. The second kappa shape index (κ2) is 8.91. The van der Waals surface area contributed by atoms with E-state index in [1.54, 1.807) is 38.0 Å². The number of rotatable bonds is 6. The van der Waals surface area contributed by atoms with Gasteiger partial charge in [-0.25, -0.2) is 19.5 Å². The molecule has 6 rings (SSSR count). The molecule has 6 aromatic rings. The lowest BCUT2D eigenvalue weighted by Crippen LogP contribution is -2.06. The highest BCUT2D eigenvalue weighted by Gasteiger charge is 2.22. The molecule has 0 saturated carbocycles. The van der Waals surface area contributed by atoms with Crippen LogP contribution in [0.3, 0.4) is 0 Å². The summed E-state index contributed by atoms with van der Waals surface area (Å²) in [6.07, 6.45) is 14.4. The van der Waals surface area contributed by atoms with Gasteiger partial charge in [0.25, 0.3) is 0 Å². The monoisotopic (exact) mass is 475 g/mol. The minimum atomic E-state index is 0.464. The number of anilines is 2. The topological polar surface area (TPSA) is 108 Å². The van der Waals surface area contributed by atoms with Crippen molar-refractivity contribution >= 4 is 17.2 Å². The second-order valence-electron chi connectivity index (χ2n) is 8.05. The molecule has 0 atom stereocenters. The van der Waals surface area contributed by atoms with E-state index in [9.17, 15) is 0 Å². The molecule has 176 valence electrons. The summed E-state index contributed by atoms with van der Waals surface area (Å²) >= 11 is 0. The Kier molecular flexibility index (Phi) is 5.30. The van der Waals surface area contributed by atoms with Crippen LogP contribution in [0.4, 0.5) is 11.6 Å². The second-order valence-corrected chi connectivity index (χ2v) is 8.05. The Morgan fingerprint density at radius 2 is 1.72 bits per heavy atom. The van der Waals surface area contributed by atoms with Gasteiger partial charge in [-0.2, -0.15) is 0 Å². The maximum absolute atomic E-state index is 5.39. The smallest absolute Gasteiger partial charge is 0.218 e. The van der Waals surface area contributed by atoms with Crippen molar-refractivity contribution in [3.8, 4) is 39.7 Å². The number of imidazole rings is 1. The third kappa shape index (κ3) is 3.80. The van der Waals surface area contributed by atoms with E-state index >= 15 is 0 Å². The Bertz CT molecular complexity index is 1660. The van der Waals surface area contributed by atoms with Crippen LogP contribution < -0.4 is 10.1 Å². The third-order valence-electron chi connectivity index (χ3n) is 5.79. The molecular formula is C26H21N9O. The van der Waals surface area contributed by atoms with E-state index in [1.807, 2.05) is 71.2 Å². The molecule has 0 amide bonds. The maximum atomic E-state index is 5.39. The summed E-state index contributed by atoms with van der Waals surface area (Å²) in [6, 6.07) is 11.5. The summed E-state index contributed by atoms with van der Waals surface area (Å²) in [5, 5.41) is 8.23. The summed E-state index contributed by atoms with van der Waals surface area (Å²) < 4.78 is 9.09. The van der Waals surface area contributed by atoms with Crippen molar-refractivity contribution in [1.29, 1.82) is 0 Å². The van der Waals surface area contributed by atoms with Crippen LogP contribution in [0.15, 0.2) is 86.0 Å². The van der Waals surface area contributed by atoms with E-state index in [0.29, 0.717) is 29.0 Å². The normalized spacial score (nSPS) is 11.1. The predicted molar refractivity (Wildman–Crippen MR) is 136 cm³/mol. The standard InChI is InChI=1S/C26H21N9O/c1-34-12-11-30-26(34)25-32-24(31-21-13-19(36-2)7-10-29-21)23-22(18-6-4-9-28-15-18)20(16-35(23)33-25)17-5-3-8-27-14-17/h3-16H,1-2H3,(H,29,31,32,33). The van der Waals surface area contributed by atoms with E-state index < -0.39 is 0 Å². The lowest BCUT2D eigenvalue weighted by Gasteiger charge is -2.12. The number of aromatic nitrogens is 8. The Hall–Kier alpha value is -5.12. The first kappa shape index (κ1) is 21.4. The van der Waals surface area contributed by atoms with Gasteiger partial charge in [0.1, 0.15) is 17.1 Å². The number of hydrogen-bond acceptors (Lipinski definition) is 8. The molecule has 0 radical (unpaired) electrons. The molecule has 6 heterocycles. The molecule has 0 fully saturated rings. The quantitative estimate of drug-likeness (QED) is 0.378. The highest BCUT2D eigenvalue weighted by atomic mass is 16.5. The lowest BCUT2D eigenvalue weighted by atomic mass is 10.00. The van der Waals surface area contributed by atoms with Crippen LogP contribution in [0.2, 0.25) is 0 Å². The lowest BCUT2D eigenvalue weighted by molar-refractivity contribution is 0.414. The van der Waals surface area contributed by atoms with E-state index in [1.165, 1.54) is 0 Å². The fraction of sp³-hybridized carbons (Fsp3) is 0.0769. The predicted octanol–water partition coefficient (Wildman–Crippen LogP) is 4.40. The van der Waals surface area contributed by atoms with Crippen molar-refractivity contribution in [2.24, 2.45) is 7.05 Å². The minimum absolute atomic E-state index is 0.464. The van der Waals surface area contributed by atoms with Crippen molar-refractivity contribution < 1.29 is 4.74 Å². The molecule has 0 aliphatic rings. The van der Waals surface area contributed by atoms with Gasteiger partial charge >= 0.3 is 0 Å². The van der Waals surface area contributed by atoms with Crippen molar-refractivity contribution in [3.05, 3.63) is 86.0 Å². The van der Waals surface area contributed by atoms with Gasteiger partial charge in [0.05, 0.1) is 7.11 Å². The zero-order valence-corrected chi connectivity index (χ0v) is 19.6. The summed E-state index contributed by atoms with van der Waals surface area (Å²) in [5.41, 5.74) is 4.51. The zero-order chi connectivity index (χ0) is 24.5. The minimum Gasteiger partial charge on any atom is -0.497 e. The number of pyridine rings is 3. The average Bonchev–Trinajstić information content (AvgIpc) is 3.53. The summed E-state index contributed by atoms with van der Waals surface area (Å²) in [4.78, 5) is 22.5. The fourth-order valence-electron chi connectivity index (χ4n) is 4.12. The van der Waals surface area contributed by atoms with Gasteiger partial charge in [0.2, 0.25) is 5.82 Å². The Morgan fingerprint density at radius 1 is 0.917 bits per heavy atom. The van der Waals surface area contributed by atoms with E-state index in [4.69, 9.17) is 14.8 Å². The molecule has 10 nitrogen and oxygen atoms in total. The first-order valence-corrected chi connectivity index (χ1v) is 11.2. The Labute approximate surface area is 206 Å². The van der Waals surface area contributed by atoms with Crippen LogP contribution in [0, 0.1) is 0 Å². The largest absolute Gasteiger partial charge is 0.497 e. The van der Waals surface area contributed by atoms with Crippen LogP contribution in [0.25, 0.3) is 39.4 Å².